The van der Waals surface area contributed by atoms with E-state index in [1.165, 1.54) is 0 Å². The van der Waals surface area contributed by atoms with Gasteiger partial charge in [0.1, 0.15) is 4.33 Å². The van der Waals surface area contributed by atoms with Gasteiger partial charge >= 0.3 is 0 Å². The SMILES string of the molecule is CC(CNC(=O)C1(C)CC1(Cl)Cl)(c1ccccc1)c1ccccc1. The summed E-state index contributed by atoms with van der Waals surface area (Å²) in [6.45, 7) is 4.44. The maximum absolute atomic E-state index is 12.6. The predicted octanol–water partition coefficient (Wildman–Crippen LogP) is 4.69. The minimum atomic E-state index is -0.951. The molecular weight excluding hydrogens is 341 g/mol. The van der Waals surface area contributed by atoms with Crippen LogP contribution in [0, 0.1) is 5.41 Å². The maximum atomic E-state index is 12.6. The highest BCUT2D eigenvalue weighted by molar-refractivity contribution is 6.53. The molecule has 1 aliphatic carbocycles. The monoisotopic (exact) mass is 361 g/mol. The van der Waals surface area contributed by atoms with Gasteiger partial charge in [-0.1, -0.05) is 60.7 Å². The van der Waals surface area contributed by atoms with Crippen molar-refractivity contribution in [3.63, 3.8) is 0 Å². The van der Waals surface area contributed by atoms with E-state index in [0.717, 1.165) is 11.1 Å². The lowest BCUT2D eigenvalue weighted by atomic mass is 9.76. The van der Waals surface area contributed by atoms with Crippen LogP contribution < -0.4 is 5.32 Å². The van der Waals surface area contributed by atoms with E-state index in [9.17, 15) is 4.79 Å². The Morgan fingerprint density at radius 3 is 1.83 bits per heavy atom. The molecule has 1 fully saturated rings. The number of alkyl halides is 2. The first-order valence-electron chi connectivity index (χ1n) is 8.07. The molecule has 0 spiro atoms. The number of halogens is 2. The van der Waals surface area contributed by atoms with Crippen molar-refractivity contribution in [2.24, 2.45) is 5.41 Å². The molecule has 0 heterocycles. The van der Waals surface area contributed by atoms with Crippen LogP contribution in [0.3, 0.4) is 0 Å². The number of nitrogens with one attached hydrogen (secondary N) is 1. The number of hydrogen-bond acceptors (Lipinski definition) is 1. The van der Waals surface area contributed by atoms with Crippen molar-refractivity contribution < 1.29 is 4.79 Å². The van der Waals surface area contributed by atoms with Gasteiger partial charge in [-0.05, 0) is 31.4 Å². The highest BCUT2D eigenvalue weighted by Crippen LogP contribution is 2.63. The Morgan fingerprint density at radius 1 is 1.04 bits per heavy atom. The Hall–Kier alpha value is -1.51. The Balaban J connectivity index is 1.86. The predicted molar refractivity (Wildman–Crippen MR) is 99.5 cm³/mol. The molecule has 1 saturated carbocycles. The molecule has 0 aliphatic heterocycles. The van der Waals surface area contributed by atoms with Gasteiger partial charge in [0.15, 0.2) is 0 Å². The summed E-state index contributed by atoms with van der Waals surface area (Å²) in [4.78, 5) is 12.6. The van der Waals surface area contributed by atoms with E-state index in [1.54, 1.807) is 0 Å². The third-order valence-corrected chi connectivity index (χ3v) is 6.28. The third kappa shape index (κ3) is 2.94. The number of hydrogen-bond donors (Lipinski definition) is 1. The first-order valence-corrected chi connectivity index (χ1v) is 8.82. The zero-order valence-corrected chi connectivity index (χ0v) is 15.4. The summed E-state index contributed by atoms with van der Waals surface area (Å²) in [6, 6.07) is 20.4. The summed E-state index contributed by atoms with van der Waals surface area (Å²) in [6.07, 6.45) is 0.488. The molecule has 4 heteroatoms. The molecule has 1 atom stereocenters. The van der Waals surface area contributed by atoms with Crippen molar-refractivity contribution in [2.45, 2.75) is 30.0 Å². The lowest BCUT2D eigenvalue weighted by molar-refractivity contribution is -0.125. The Labute approximate surface area is 153 Å². The molecule has 2 aromatic carbocycles. The van der Waals surface area contributed by atoms with Gasteiger partial charge in [0, 0.05) is 12.0 Å². The number of benzene rings is 2. The van der Waals surface area contributed by atoms with Crippen molar-refractivity contribution >= 4 is 29.1 Å². The second-order valence-electron chi connectivity index (χ2n) is 6.96. The quantitative estimate of drug-likeness (QED) is 0.768. The van der Waals surface area contributed by atoms with E-state index in [0.29, 0.717) is 13.0 Å². The minimum absolute atomic E-state index is 0.0920. The van der Waals surface area contributed by atoms with Crippen molar-refractivity contribution in [1.29, 1.82) is 0 Å². The second-order valence-corrected chi connectivity index (χ2v) is 8.44. The molecule has 0 radical (unpaired) electrons. The zero-order chi connectivity index (χ0) is 17.4. The van der Waals surface area contributed by atoms with Crippen molar-refractivity contribution in [2.75, 3.05) is 6.54 Å². The molecule has 24 heavy (non-hydrogen) atoms. The minimum Gasteiger partial charge on any atom is -0.354 e. The zero-order valence-electron chi connectivity index (χ0n) is 13.9. The van der Waals surface area contributed by atoms with Gasteiger partial charge in [-0.2, -0.15) is 0 Å². The molecule has 0 saturated heterocycles. The highest BCUT2D eigenvalue weighted by Gasteiger charge is 2.67. The standard InChI is InChI=1S/C20H21Cl2NO/c1-18(15-9-5-3-6-10-15,16-11-7-4-8-12-16)14-23-17(24)19(2)13-20(19,21)22/h3-12H,13-14H2,1-2H3,(H,23,24). The van der Waals surface area contributed by atoms with Gasteiger partial charge in [-0.3, -0.25) is 4.79 Å². The molecule has 1 amide bonds. The van der Waals surface area contributed by atoms with Crippen molar-refractivity contribution in [1.82, 2.24) is 5.32 Å². The molecule has 2 nitrogen and oxygen atoms in total. The van der Waals surface area contributed by atoms with E-state index in [-0.39, 0.29) is 11.3 Å². The normalized spacial score (nSPS) is 22.0. The largest absolute Gasteiger partial charge is 0.354 e. The van der Waals surface area contributed by atoms with Crippen LogP contribution >= 0.6 is 23.2 Å². The van der Waals surface area contributed by atoms with Gasteiger partial charge in [-0.15, -0.1) is 23.2 Å². The van der Waals surface area contributed by atoms with Crippen LogP contribution in [0.25, 0.3) is 0 Å². The van der Waals surface area contributed by atoms with E-state index in [2.05, 4.69) is 36.5 Å². The Kier molecular flexibility index (Phi) is 4.39. The van der Waals surface area contributed by atoms with Gasteiger partial charge in [0.2, 0.25) is 5.91 Å². The van der Waals surface area contributed by atoms with E-state index < -0.39 is 9.75 Å². The molecule has 1 aliphatic rings. The smallest absolute Gasteiger partial charge is 0.229 e. The Morgan fingerprint density at radius 2 is 1.46 bits per heavy atom. The summed E-state index contributed by atoms with van der Waals surface area (Å²) in [7, 11) is 0. The molecule has 1 unspecified atom stereocenters. The molecular formula is C20H21Cl2NO. The molecule has 1 N–H and O–H groups in total. The summed E-state index contributed by atoms with van der Waals surface area (Å²) < 4.78 is -0.951. The van der Waals surface area contributed by atoms with E-state index in [4.69, 9.17) is 23.2 Å². The highest BCUT2D eigenvalue weighted by atomic mass is 35.5. The molecule has 2 aromatic rings. The lowest BCUT2D eigenvalue weighted by Gasteiger charge is -2.32. The van der Waals surface area contributed by atoms with Crippen molar-refractivity contribution in [3.05, 3.63) is 71.8 Å². The van der Waals surface area contributed by atoms with Gasteiger partial charge in [0.25, 0.3) is 0 Å². The van der Waals surface area contributed by atoms with Crippen LogP contribution in [0.4, 0.5) is 0 Å². The van der Waals surface area contributed by atoms with Crippen LogP contribution in [-0.2, 0) is 10.2 Å². The molecule has 0 aromatic heterocycles. The fraction of sp³-hybridized carbons (Fsp3) is 0.350. The van der Waals surface area contributed by atoms with Crippen LogP contribution in [0.5, 0.6) is 0 Å². The average molecular weight is 362 g/mol. The van der Waals surface area contributed by atoms with Crippen LogP contribution in [0.1, 0.15) is 31.4 Å². The summed E-state index contributed by atoms with van der Waals surface area (Å²) in [5.74, 6) is -0.0920. The number of rotatable bonds is 5. The first kappa shape index (κ1) is 17.3. The summed E-state index contributed by atoms with van der Waals surface area (Å²) >= 11 is 12.3. The fourth-order valence-corrected chi connectivity index (χ4v) is 3.79. The molecule has 3 rings (SSSR count). The third-order valence-electron chi connectivity index (χ3n) is 5.18. The van der Waals surface area contributed by atoms with E-state index in [1.807, 2.05) is 43.3 Å². The number of carbonyl (C=O) groups excluding carboxylic acids is 1. The summed E-state index contributed by atoms with van der Waals surface area (Å²) in [5, 5.41) is 3.07. The van der Waals surface area contributed by atoms with Crippen LogP contribution in [0.2, 0.25) is 0 Å². The fourth-order valence-electron chi connectivity index (χ4n) is 3.08. The first-order chi connectivity index (χ1) is 11.3. The van der Waals surface area contributed by atoms with Crippen LogP contribution in [0.15, 0.2) is 60.7 Å². The van der Waals surface area contributed by atoms with E-state index >= 15 is 0 Å². The molecule has 0 bridgehead atoms. The number of amides is 1. The second kappa shape index (κ2) is 6.09. The van der Waals surface area contributed by atoms with Gasteiger partial charge in [0.05, 0.1) is 5.41 Å². The molecule has 126 valence electrons. The van der Waals surface area contributed by atoms with Gasteiger partial charge < -0.3 is 5.32 Å². The van der Waals surface area contributed by atoms with Gasteiger partial charge in [-0.25, -0.2) is 0 Å². The number of carbonyl (C=O) groups is 1. The Bertz CT molecular complexity index is 690. The average Bonchev–Trinajstić information content (AvgIpc) is 3.13. The van der Waals surface area contributed by atoms with Crippen molar-refractivity contribution in [3.8, 4) is 0 Å². The summed E-state index contributed by atoms with van der Waals surface area (Å²) in [5.41, 5.74) is 1.27. The maximum Gasteiger partial charge on any atom is 0.229 e. The lowest BCUT2D eigenvalue weighted by Crippen LogP contribution is -2.43. The van der Waals surface area contributed by atoms with Crippen LogP contribution in [-0.4, -0.2) is 16.8 Å². The topological polar surface area (TPSA) is 29.1 Å².